The molecule has 1 aliphatic heterocycles. The van der Waals surface area contributed by atoms with Gasteiger partial charge in [-0.3, -0.25) is 4.79 Å². The van der Waals surface area contributed by atoms with Crippen molar-refractivity contribution in [2.24, 2.45) is 0 Å². The number of hydrogen-bond acceptors (Lipinski definition) is 5. The predicted octanol–water partition coefficient (Wildman–Crippen LogP) is 1.83. The summed E-state index contributed by atoms with van der Waals surface area (Å²) in [6.45, 7) is 5.05. The zero-order chi connectivity index (χ0) is 14.2. The molecule has 5 nitrogen and oxygen atoms in total. The molecule has 1 aromatic rings. The van der Waals surface area contributed by atoms with Crippen LogP contribution in [0.3, 0.4) is 0 Å². The Bertz CT molecular complexity index is 586. The first kappa shape index (κ1) is 13.3. The molecule has 1 aromatic carbocycles. The SMILES string of the molecule is CCOC(=O)c1c(C)cc2c(c1C)C(=O)OCC2=O. The van der Waals surface area contributed by atoms with Crippen LogP contribution in [-0.4, -0.2) is 30.9 Å². The molecule has 100 valence electrons. The number of fused-ring (bicyclic) bond motifs is 1. The lowest BCUT2D eigenvalue weighted by Gasteiger charge is -2.20. The Labute approximate surface area is 110 Å². The Morgan fingerprint density at radius 2 is 2.05 bits per heavy atom. The number of carbonyl (C=O) groups is 3. The van der Waals surface area contributed by atoms with Gasteiger partial charge in [0.15, 0.2) is 6.61 Å². The summed E-state index contributed by atoms with van der Waals surface area (Å²) in [5.74, 6) is -1.32. The third-order valence-electron chi connectivity index (χ3n) is 3.09. The number of carbonyl (C=O) groups excluding carboxylic acids is 3. The van der Waals surface area contributed by atoms with Crippen molar-refractivity contribution in [1.29, 1.82) is 0 Å². The summed E-state index contributed by atoms with van der Waals surface area (Å²) < 4.78 is 9.76. The number of hydrogen-bond donors (Lipinski definition) is 0. The van der Waals surface area contributed by atoms with Gasteiger partial charge >= 0.3 is 11.9 Å². The topological polar surface area (TPSA) is 69.7 Å². The number of benzene rings is 1. The van der Waals surface area contributed by atoms with Crippen LogP contribution in [0.5, 0.6) is 0 Å². The Morgan fingerprint density at radius 1 is 1.37 bits per heavy atom. The molecule has 0 aromatic heterocycles. The van der Waals surface area contributed by atoms with E-state index in [0.717, 1.165) is 0 Å². The summed E-state index contributed by atoms with van der Waals surface area (Å²) in [4.78, 5) is 35.4. The molecule has 0 amide bonds. The highest BCUT2D eigenvalue weighted by Gasteiger charge is 2.30. The number of rotatable bonds is 2. The molecule has 5 heteroatoms. The average Bonchev–Trinajstić information content (AvgIpc) is 2.34. The lowest BCUT2D eigenvalue weighted by atomic mass is 9.90. The van der Waals surface area contributed by atoms with Crippen LogP contribution in [-0.2, 0) is 9.47 Å². The lowest BCUT2D eigenvalue weighted by molar-refractivity contribution is 0.0441. The fourth-order valence-corrected chi connectivity index (χ4v) is 2.26. The van der Waals surface area contributed by atoms with Crippen LogP contribution in [0.1, 0.15) is 49.1 Å². The molecule has 1 heterocycles. The molecule has 0 spiro atoms. The van der Waals surface area contributed by atoms with Crippen molar-refractivity contribution in [3.8, 4) is 0 Å². The van der Waals surface area contributed by atoms with Gasteiger partial charge in [0.1, 0.15) is 0 Å². The van der Waals surface area contributed by atoms with Crippen molar-refractivity contribution >= 4 is 17.7 Å². The standard InChI is InChI=1S/C14H14O5/c1-4-18-13(16)11-7(2)5-9-10(15)6-19-14(17)12(9)8(11)3/h5H,4,6H2,1-3H3. The molecule has 0 fully saturated rings. The Balaban J connectivity index is 2.66. The van der Waals surface area contributed by atoms with Gasteiger partial charge < -0.3 is 9.47 Å². The maximum absolute atomic E-state index is 11.9. The van der Waals surface area contributed by atoms with Crippen LogP contribution in [0.25, 0.3) is 0 Å². The monoisotopic (exact) mass is 262 g/mol. The quantitative estimate of drug-likeness (QED) is 0.760. The van der Waals surface area contributed by atoms with Crippen LogP contribution in [0.4, 0.5) is 0 Å². The van der Waals surface area contributed by atoms with Crippen molar-refractivity contribution in [1.82, 2.24) is 0 Å². The first-order valence-electron chi connectivity index (χ1n) is 5.99. The zero-order valence-electron chi connectivity index (χ0n) is 11.0. The normalized spacial score (nSPS) is 13.8. The summed E-state index contributed by atoms with van der Waals surface area (Å²) >= 11 is 0. The molecule has 0 bridgehead atoms. The highest BCUT2D eigenvalue weighted by molar-refractivity contribution is 6.13. The van der Waals surface area contributed by atoms with Crippen LogP contribution < -0.4 is 0 Å². The van der Waals surface area contributed by atoms with Crippen molar-refractivity contribution in [2.45, 2.75) is 20.8 Å². The van der Waals surface area contributed by atoms with E-state index in [9.17, 15) is 14.4 Å². The molecule has 0 atom stereocenters. The second kappa shape index (κ2) is 4.84. The molecule has 0 aliphatic carbocycles. The molecule has 2 rings (SSSR count). The third kappa shape index (κ3) is 2.12. The molecule has 19 heavy (non-hydrogen) atoms. The van der Waals surface area contributed by atoms with E-state index in [1.165, 1.54) is 0 Å². The van der Waals surface area contributed by atoms with Crippen LogP contribution in [0.2, 0.25) is 0 Å². The van der Waals surface area contributed by atoms with Gasteiger partial charge in [-0.1, -0.05) is 0 Å². The van der Waals surface area contributed by atoms with Crippen molar-refractivity contribution in [3.05, 3.63) is 33.9 Å². The minimum Gasteiger partial charge on any atom is -0.462 e. The number of aryl methyl sites for hydroxylation is 1. The van der Waals surface area contributed by atoms with Crippen molar-refractivity contribution in [3.63, 3.8) is 0 Å². The number of ketones is 1. The molecular formula is C14H14O5. The smallest absolute Gasteiger partial charge is 0.339 e. The van der Waals surface area contributed by atoms with E-state index < -0.39 is 11.9 Å². The Kier molecular flexibility index (Phi) is 3.38. The second-order valence-electron chi connectivity index (χ2n) is 4.34. The van der Waals surface area contributed by atoms with Crippen LogP contribution >= 0.6 is 0 Å². The largest absolute Gasteiger partial charge is 0.462 e. The molecule has 1 aliphatic rings. The van der Waals surface area contributed by atoms with Gasteiger partial charge in [-0.25, -0.2) is 9.59 Å². The van der Waals surface area contributed by atoms with Gasteiger partial charge in [0.2, 0.25) is 5.78 Å². The summed E-state index contributed by atoms with van der Waals surface area (Å²) in [5, 5.41) is 0. The van der Waals surface area contributed by atoms with E-state index in [1.54, 1.807) is 26.8 Å². The molecular weight excluding hydrogens is 248 g/mol. The van der Waals surface area contributed by atoms with Gasteiger partial charge in [-0.15, -0.1) is 0 Å². The Hall–Kier alpha value is -2.17. The zero-order valence-corrected chi connectivity index (χ0v) is 11.0. The van der Waals surface area contributed by atoms with Crippen LogP contribution in [0, 0.1) is 13.8 Å². The second-order valence-corrected chi connectivity index (χ2v) is 4.34. The minimum absolute atomic E-state index is 0.171. The van der Waals surface area contributed by atoms with Gasteiger partial charge in [0, 0.05) is 5.56 Å². The number of esters is 2. The highest BCUT2D eigenvalue weighted by Crippen LogP contribution is 2.27. The maximum Gasteiger partial charge on any atom is 0.339 e. The summed E-state index contributed by atoms with van der Waals surface area (Å²) in [6.07, 6.45) is 0. The molecule has 0 unspecified atom stereocenters. The van der Waals surface area contributed by atoms with E-state index in [4.69, 9.17) is 9.47 Å². The van der Waals surface area contributed by atoms with Gasteiger partial charge in [0.05, 0.1) is 17.7 Å². The van der Waals surface area contributed by atoms with Gasteiger partial charge in [-0.2, -0.15) is 0 Å². The van der Waals surface area contributed by atoms with E-state index in [0.29, 0.717) is 22.3 Å². The van der Waals surface area contributed by atoms with Crippen molar-refractivity contribution in [2.75, 3.05) is 13.2 Å². The average molecular weight is 262 g/mol. The lowest BCUT2D eigenvalue weighted by Crippen LogP contribution is -2.27. The first-order valence-corrected chi connectivity index (χ1v) is 5.99. The van der Waals surface area contributed by atoms with Crippen LogP contribution in [0.15, 0.2) is 6.07 Å². The minimum atomic E-state index is -0.572. The summed E-state index contributed by atoms with van der Waals surface area (Å²) in [7, 11) is 0. The fourth-order valence-electron chi connectivity index (χ4n) is 2.26. The maximum atomic E-state index is 11.9. The predicted molar refractivity (Wildman–Crippen MR) is 66.5 cm³/mol. The van der Waals surface area contributed by atoms with E-state index >= 15 is 0 Å². The third-order valence-corrected chi connectivity index (χ3v) is 3.09. The highest BCUT2D eigenvalue weighted by atomic mass is 16.5. The fraction of sp³-hybridized carbons (Fsp3) is 0.357. The van der Waals surface area contributed by atoms with Gasteiger partial charge in [0.25, 0.3) is 0 Å². The number of cyclic esters (lactones) is 1. The molecule has 0 radical (unpaired) electrons. The first-order chi connectivity index (χ1) is 8.97. The van der Waals surface area contributed by atoms with E-state index in [2.05, 4.69) is 0 Å². The van der Waals surface area contributed by atoms with Crippen molar-refractivity contribution < 1.29 is 23.9 Å². The summed E-state index contributed by atoms with van der Waals surface area (Å²) in [6, 6.07) is 1.55. The summed E-state index contributed by atoms with van der Waals surface area (Å²) in [5.41, 5.74) is 1.88. The van der Waals surface area contributed by atoms with E-state index in [-0.39, 0.29) is 24.6 Å². The molecule has 0 saturated carbocycles. The molecule has 0 N–H and O–H groups in total. The molecule has 0 saturated heterocycles. The van der Waals surface area contributed by atoms with E-state index in [1.807, 2.05) is 0 Å². The number of ether oxygens (including phenoxy) is 2. The number of Topliss-reactive ketones (excluding diaryl/α,β-unsaturated/α-hetero) is 1. The Morgan fingerprint density at radius 3 is 2.68 bits per heavy atom. The van der Waals surface area contributed by atoms with Gasteiger partial charge in [-0.05, 0) is 38.0 Å².